The number of hydrogen-bond donors (Lipinski definition) is 0. The van der Waals surface area contributed by atoms with Crippen LogP contribution in [-0.2, 0) is 0 Å². The second-order valence-electron chi connectivity index (χ2n) is 5.34. The maximum absolute atomic E-state index is 6.34. The van der Waals surface area contributed by atoms with Crippen molar-refractivity contribution >= 4 is 11.6 Å². The highest BCUT2D eigenvalue weighted by atomic mass is 35.5. The summed E-state index contributed by atoms with van der Waals surface area (Å²) in [4.78, 5) is 4.30. The lowest BCUT2D eigenvalue weighted by Crippen LogP contribution is -1.93. The number of pyridine rings is 1. The first-order valence-electron chi connectivity index (χ1n) is 7.89. The van der Waals surface area contributed by atoms with Gasteiger partial charge in [0.15, 0.2) is 0 Å². The van der Waals surface area contributed by atoms with Crippen LogP contribution in [0.25, 0.3) is 0 Å². The zero-order valence-corrected chi connectivity index (χ0v) is 13.0. The standard InChI is InChI=1S/C17H28ClN/c1-2-3-4-5-6-7-8-9-10-13-16(18)17-14-11-12-15-19-17/h11-12,14-16H,2-10,13H2,1H3. The number of alkyl halides is 1. The molecule has 0 saturated carbocycles. The van der Waals surface area contributed by atoms with Gasteiger partial charge in [0, 0.05) is 6.20 Å². The van der Waals surface area contributed by atoms with Crippen LogP contribution in [0.15, 0.2) is 24.4 Å². The van der Waals surface area contributed by atoms with Crippen LogP contribution >= 0.6 is 11.6 Å². The molecule has 1 rings (SSSR count). The Morgan fingerprint density at radius 3 is 2.16 bits per heavy atom. The molecule has 0 aliphatic rings. The summed E-state index contributed by atoms with van der Waals surface area (Å²) in [6.07, 6.45) is 15.1. The average Bonchev–Trinajstić information content (AvgIpc) is 2.46. The van der Waals surface area contributed by atoms with Crippen molar-refractivity contribution in [1.82, 2.24) is 4.98 Å². The highest BCUT2D eigenvalue weighted by Gasteiger charge is 2.07. The van der Waals surface area contributed by atoms with Gasteiger partial charge in [-0.25, -0.2) is 0 Å². The van der Waals surface area contributed by atoms with Gasteiger partial charge in [-0.2, -0.15) is 0 Å². The van der Waals surface area contributed by atoms with Crippen LogP contribution in [0.1, 0.15) is 82.2 Å². The van der Waals surface area contributed by atoms with Gasteiger partial charge in [0.2, 0.25) is 0 Å². The quantitative estimate of drug-likeness (QED) is 0.343. The van der Waals surface area contributed by atoms with Crippen molar-refractivity contribution in [3.8, 4) is 0 Å². The van der Waals surface area contributed by atoms with Gasteiger partial charge < -0.3 is 0 Å². The number of rotatable bonds is 11. The summed E-state index contributed by atoms with van der Waals surface area (Å²) < 4.78 is 0. The van der Waals surface area contributed by atoms with E-state index in [2.05, 4.69) is 11.9 Å². The second kappa shape index (κ2) is 11.3. The normalized spacial score (nSPS) is 12.5. The Morgan fingerprint density at radius 2 is 1.58 bits per heavy atom. The smallest absolute Gasteiger partial charge is 0.0757 e. The van der Waals surface area contributed by atoms with E-state index in [1.165, 1.54) is 57.8 Å². The van der Waals surface area contributed by atoms with Gasteiger partial charge in [-0.15, -0.1) is 11.6 Å². The molecule has 1 nitrogen and oxygen atoms in total. The van der Waals surface area contributed by atoms with Crippen LogP contribution in [0.4, 0.5) is 0 Å². The molecule has 2 heteroatoms. The van der Waals surface area contributed by atoms with Gasteiger partial charge in [0.05, 0.1) is 11.1 Å². The Labute approximate surface area is 123 Å². The predicted molar refractivity (Wildman–Crippen MR) is 84.7 cm³/mol. The molecular weight excluding hydrogens is 254 g/mol. The van der Waals surface area contributed by atoms with E-state index in [1.54, 1.807) is 0 Å². The predicted octanol–water partition coefficient (Wildman–Crippen LogP) is 6.28. The highest BCUT2D eigenvalue weighted by molar-refractivity contribution is 6.20. The van der Waals surface area contributed by atoms with E-state index in [1.807, 2.05) is 24.4 Å². The van der Waals surface area contributed by atoms with Gasteiger partial charge >= 0.3 is 0 Å². The van der Waals surface area contributed by atoms with Gasteiger partial charge in [-0.05, 0) is 18.6 Å². The first-order chi connectivity index (χ1) is 9.34. The Bertz CT molecular complexity index is 299. The molecule has 1 atom stereocenters. The van der Waals surface area contributed by atoms with Crippen LogP contribution < -0.4 is 0 Å². The van der Waals surface area contributed by atoms with Gasteiger partial charge in [0.25, 0.3) is 0 Å². The van der Waals surface area contributed by atoms with E-state index < -0.39 is 0 Å². The Hall–Kier alpha value is -0.560. The number of unbranched alkanes of at least 4 members (excludes halogenated alkanes) is 8. The topological polar surface area (TPSA) is 12.9 Å². The molecule has 0 aliphatic heterocycles. The molecule has 0 aliphatic carbocycles. The first-order valence-corrected chi connectivity index (χ1v) is 8.33. The summed E-state index contributed by atoms with van der Waals surface area (Å²) >= 11 is 6.34. The molecule has 1 unspecified atom stereocenters. The van der Waals surface area contributed by atoms with E-state index in [-0.39, 0.29) is 5.38 Å². The van der Waals surface area contributed by atoms with Crippen LogP contribution in [0, 0.1) is 0 Å². The van der Waals surface area contributed by atoms with E-state index >= 15 is 0 Å². The van der Waals surface area contributed by atoms with E-state index in [9.17, 15) is 0 Å². The fourth-order valence-corrected chi connectivity index (χ4v) is 2.63. The summed E-state index contributed by atoms with van der Waals surface area (Å²) in [5.74, 6) is 0. The molecule has 0 amide bonds. The van der Waals surface area contributed by atoms with Crippen molar-refractivity contribution in [2.24, 2.45) is 0 Å². The molecule has 0 radical (unpaired) electrons. The minimum Gasteiger partial charge on any atom is -0.260 e. The number of halogens is 1. The molecular formula is C17H28ClN. The van der Waals surface area contributed by atoms with E-state index in [0.717, 1.165) is 12.1 Å². The summed E-state index contributed by atoms with van der Waals surface area (Å²) in [5.41, 5.74) is 1.02. The molecule has 0 saturated heterocycles. The fraction of sp³-hybridized carbons (Fsp3) is 0.706. The summed E-state index contributed by atoms with van der Waals surface area (Å²) in [5, 5.41) is 0.0887. The first kappa shape index (κ1) is 16.5. The van der Waals surface area contributed by atoms with Crippen LogP contribution in [0.2, 0.25) is 0 Å². The highest BCUT2D eigenvalue weighted by Crippen LogP contribution is 2.24. The Balaban J connectivity index is 1.93. The van der Waals surface area contributed by atoms with Crippen LogP contribution in [-0.4, -0.2) is 4.98 Å². The van der Waals surface area contributed by atoms with Crippen molar-refractivity contribution < 1.29 is 0 Å². The zero-order chi connectivity index (χ0) is 13.8. The van der Waals surface area contributed by atoms with Crippen LogP contribution in [0.5, 0.6) is 0 Å². The molecule has 0 N–H and O–H groups in total. The molecule has 1 aromatic rings. The Morgan fingerprint density at radius 1 is 0.947 bits per heavy atom. The number of aromatic nitrogens is 1. The fourth-order valence-electron chi connectivity index (χ4n) is 2.34. The largest absolute Gasteiger partial charge is 0.260 e. The molecule has 108 valence electrons. The molecule has 0 spiro atoms. The third-order valence-electron chi connectivity index (χ3n) is 3.57. The average molecular weight is 282 g/mol. The van der Waals surface area contributed by atoms with Crippen molar-refractivity contribution in [2.45, 2.75) is 76.5 Å². The van der Waals surface area contributed by atoms with Crippen molar-refractivity contribution in [3.05, 3.63) is 30.1 Å². The van der Waals surface area contributed by atoms with Crippen molar-refractivity contribution in [1.29, 1.82) is 0 Å². The van der Waals surface area contributed by atoms with Gasteiger partial charge in [0.1, 0.15) is 0 Å². The van der Waals surface area contributed by atoms with E-state index in [4.69, 9.17) is 11.6 Å². The summed E-state index contributed by atoms with van der Waals surface area (Å²) in [6, 6.07) is 5.96. The Kier molecular flexibility index (Phi) is 9.79. The molecule has 19 heavy (non-hydrogen) atoms. The maximum atomic E-state index is 6.34. The minimum absolute atomic E-state index is 0.0887. The SMILES string of the molecule is CCCCCCCCCCCC(Cl)c1ccccn1. The minimum atomic E-state index is 0.0887. The monoisotopic (exact) mass is 281 g/mol. The molecule has 0 aromatic carbocycles. The third kappa shape index (κ3) is 8.26. The molecule has 0 bridgehead atoms. The molecule has 1 aromatic heterocycles. The summed E-state index contributed by atoms with van der Waals surface area (Å²) in [7, 11) is 0. The zero-order valence-electron chi connectivity index (χ0n) is 12.3. The van der Waals surface area contributed by atoms with Crippen LogP contribution in [0.3, 0.4) is 0 Å². The lowest BCUT2D eigenvalue weighted by molar-refractivity contribution is 0.553. The molecule has 1 heterocycles. The van der Waals surface area contributed by atoms with E-state index in [0.29, 0.717) is 0 Å². The summed E-state index contributed by atoms with van der Waals surface area (Å²) in [6.45, 7) is 2.27. The van der Waals surface area contributed by atoms with Gasteiger partial charge in [-0.3, -0.25) is 4.98 Å². The lowest BCUT2D eigenvalue weighted by atomic mass is 10.0. The van der Waals surface area contributed by atoms with Crippen molar-refractivity contribution in [3.63, 3.8) is 0 Å². The maximum Gasteiger partial charge on any atom is 0.0757 e. The second-order valence-corrected chi connectivity index (χ2v) is 5.87. The van der Waals surface area contributed by atoms with Crippen molar-refractivity contribution in [2.75, 3.05) is 0 Å². The third-order valence-corrected chi connectivity index (χ3v) is 4.01. The molecule has 0 fully saturated rings. The lowest BCUT2D eigenvalue weighted by Gasteiger charge is -2.08. The number of hydrogen-bond acceptors (Lipinski definition) is 1. The number of nitrogens with zero attached hydrogens (tertiary/aromatic N) is 1. The van der Waals surface area contributed by atoms with Gasteiger partial charge in [-0.1, -0.05) is 70.8 Å².